The molecule has 1 aliphatic rings. The molecule has 1 aromatic carbocycles. The highest BCUT2D eigenvalue weighted by atomic mass is 16.5. The van der Waals surface area contributed by atoms with Gasteiger partial charge in [-0.05, 0) is 43.9 Å². The van der Waals surface area contributed by atoms with Crippen LogP contribution in [0.5, 0.6) is 11.5 Å². The summed E-state index contributed by atoms with van der Waals surface area (Å²) in [6, 6.07) is 5.96. The first-order chi connectivity index (χ1) is 10.7. The Morgan fingerprint density at radius 3 is 2.91 bits per heavy atom. The number of aryl methyl sites for hydroxylation is 1. The van der Waals surface area contributed by atoms with Crippen LogP contribution in [0.15, 0.2) is 18.2 Å². The number of ether oxygens (including phenoxy) is 2. The van der Waals surface area contributed by atoms with Crippen molar-refractivity contribution in [2.45, 2.75) is 38.6 Å². The fourth-order valence-electron chi connectivity index (χ4n) is 2.86. The molecule has 0 spiro atoms. The van der Waals surface area contributed by atoms with Crippen molar-refractivity contribution in [3.8, 4) is 11.5 Å². The van der Waals surface area contributed by atoms with Crippen LogP contribution in [0.1, 0.15) is 31.2 Å². The highest BCUT2D eigenvalue weighted by Crippen LogP contribution is 2.28. The molecule has 122 valence electrons. The van der Waals surface area contributed by atoms with Crippen LogP contribution < -0.4 is 15.2 Å². The maximum absolute atomic E-state index is 12.3. The zero-order chi connectivity index (χ0) is 15.9. The number of hydrogen-bond donors (Lipinski definition) is 1. The topological polar surface area (TPSA) is 64.8 Å². The van der Waals surface area contributed by atoms with Crippen molar-refractivity contribution in [2.24, 2.45) is 5.73 Å². The molecular weight excluding hydrogens is 280 g/mol. The lowest BCUT2D eigenvalue weighted by Crippen LogP contribution is -2.47. The molecule has 2 N–H and O–H groups in total. The van der Waals surface area contributed by atoms with Gasteiger partial charge in [-0.2, -0.15) is 0 Å². The summed E-state index contributed by atoms with van der Waals surface area (Å²) in [5.41, 5.74) is 6.87. The standard InChI is InChI=1S/C17H26N2O3/c1-13-6-7-15(16(11-13)21-2)22-10-8-17(20)19-9-4-3-5-14(19)12-18/h6-7,11,14H,3-5,8-10,12,18H2,1-2H3. The first-order valence-corrected chi connectivity index (χ1v) is 7.92. The minimum Gasteiger partial charge on any atom is -0.493 e. The Morgan fingerprint density at radius 1 is 1.36 bits per heavy atom. The lowest BCUT2D eigenvalue weighted by atomic mass is 10.0. The zero-order valence-electron chi connectivity index (χ0n) is 13.5. The van der Waals surface area contributed by atoms with Crippen molar-refractivity contribution < 1.29 is 14.3 Å². The number of carbonyl (C=O) groups excluding carboxylic acids is 1. The number of carbonyl (C=O) groups is 1. The molecule has 1 unspecified atom stereocenters. The number of nitrogens with two attached hydrogens (primary N) is 1. The van der Waals surface area contributed by atoms with E-state index >= 15 is 0 Å². The molecule has 1 saturated heterocycles. The number of nitrogens with zero attached hydrogens (tertiary/aromatic N) is 1. The van der Waals surface area contributed by atoms with E-state index in [1.807, 2.05) is 30.0 Å². The van der Waals surface area contributed by atoms with Crippen molar-refractivity contribution in [1.82, 2.24) is 4.90 Å². The van der Waals surface area contributed by atoms with Crippen LogP contribution in [-0.2, 0) is 4.79 Å². The molecule has 0 saturated carbocycles. The Kier molecular flexibility index (Phi) is 6.07. The smallest absolute Gasteiger partial charge is 0.226 e. The monoisotopic (exact) mass is 306 g/mol. The van der Waals surface area contributed by atoms with Gasteiger partial charge in [0.2, 0.25) is 5.91 Å². The number of piperidine rings is 1. The minimum atomic E-state index is 0.126. The van der Waals surface area contributed by atoms with E-state index in [1.54, 1.807) is 7.11 Å². The number of benzene rings is 1. The highest BCUT2D eigenvalue weighted by Gasteiger charge is 2.25. The maximum atomic E-state index is 12.3. The molecule has 5 nitrogen and oxygen atoms in total. The van der Waals surface area contributed by atoms with Gasteiger partial charge in [-0.25, -0.2) is 0 Å². The average Bonchev–Trinajstić information content (AvgIpc) is 2.55. The van der Waals surface area contributed by atoms with E-state index in [0.717, 1.165) is 31.4 Å². The van der Waals surface area contributed by atoms with Crippen molar-refractivity contribution in [3.05, 3.63) is 23.8 Å². The summed E-state index contributed by atoms with van der Waals surface area (Å²) in [4.78, 5) is 14.2. The molecule has 1 aromatic rings. The van der Waals surface area contributed by atoms with Crippen molar-refractivity contribution in [2.75, 3.05) is 26.8 Å². The van der Waals surface area contributed by atoms with Crippen LogP contribution >= 0.6 is 0 Å². The summed E-state index contributed by atoms with van der Waals surface area (Å²) < 4.78 is 11.0. The van der Waals surface area contributed by atoms with Gasteiger partial charge >= 0.3 is 0 Å². The molecule has 1 amide bonds. The molecule has 1 fully saturated rings. The van der Waals surface area contributed by atoms with Gasteiger partial charge in [0.25, 0.3) is 0 Å². The molecule has 1 atom stereocenters. The van der Waals surface area contributed by atoms with E-state index in [-0.39, 0.29) is 11.9 Å². The summed E-state index contributed by atoms with van der Waals surface area (Å²) in [7, 11) is 1.62. The second kappa shape index (κ2) is 8.03. The second-order valence-electron chi connectivity index (χ2n) is 5.73. The Bertz CT molecular complexity index is 505. The molecule has 5 heteroatoms. The number of methoxy groups -OCH3 is 1. The van der Waals surface area contributed by atoms with Gasteiger partial charge in [-0.3, -0.25) is 4.79 Å². The van der Waals surface area contributed by atoms with Crippen LogP contribution in [0.4, 0.5) is 0 Å². The van der Waals surface area contributed by atoms with Crippen LogP contribution in [-0.4, -0.2) is 43.7 Å². The molecule has 0 bridgehead atoms. The molecule has 1 heterocycles. The van der Waals surface area contributed by atoms with Crippen LogP contribution in [0.3, 0.4) is 0 Å². The number of rotatable bonds is 6. The molecule has 0 radical (unpaired) electrons. The molecule has 0 aromatic heterocycles. The van der Waals surface area contributed by atoms with E-state index in [1.165, 1.54) is 0 Å². The van der Waals surface area contributed by atoms with E-state index in [2.05, 4.69) is 0 Å². The average molecular weight is 306 g/mol. The lowest BCUT2D eigenvalue weighted by Gasteiger charge is -2.35. The van der Waals surface area contributed by atoms with E-state index in [4.69, 9.17) is 15.2 Å². The quantitative estimate of drug-likeness (QED) is 0.874. The predicted molar refractivity (Wildman–Crippen MR) is 86.2 cm³/mol. The third-order valence-electron chi connectivity index (χ3n) is 4.11. The maximum Gasteiger partial charge on any atom is 0.226 e. The van der Waals surface area contributed by atoms with Crippen LogP contribution in [0, 0.1) is 6.92 Å². The summed E-state index contributed by atoms with van der Waals surface area (Å²) in [6.07, 6.45) is 3.60. The third-order valence-corrected chi connectivity index (χ3v) is 4.11. The number of likely N-dealkylation sites (tertiary alicyclic amines) is 1. The van der Waals surface area contributed by atoms with Crippen LogP contribution in [0.2, 0.25) is 0 Å². The molecular formula is C17H26N2O3. The fourth-order valence-corrected chi connectivity index (χ4v) is 2.86. The predicted octanol–water partition coefficient (Wildman–Crippen LogP) is 2.11. The van der Waals surface area contributed by atoms with Gasteiger partial charge in [0.1, 0.15) is 0 Å². The molecule has 1 aliphatic heterocycles. The summed E-state index contributed by atoms with van der Waals surface area (Å²) in [6.45, 7) is 3.71. The van der Waals surface area contributed by atoms with Gasteiger partial charge in [-0.1, -0.05) is 6.07 Å². The van der Waals surface area contributed by atoms with Gasteiger partial charge in [-0.15, -0.1) is 0 Å². The first-order valence-electron chi connectivity index (χ1n) is 7.92. The van der Waals surface area contributed by atoms with E-state index in [0.29, 0.717) is 31.1 Å². The zero-order valence-corrected chi connectivity index (χ0v) is 13.5. The largest absolute Gasteiger partial charge is 0.493 e. The van der Waals surface area contributed by atoms with Crippen molar-refractivity contribution >= 4 is 5.91 Å². The van der Waals surface area contributed by atoms with Gasteiger partial charge in [0.15, 0.2) is 11.5 Å². The Hall–Kier alpha value is -1.75. The fraction of sp³-hybridized carbons (Fsp3) is 0.588. The SMILES string of the molecule is COc1cc(C)ccc1OCCC(=O)N1CCCCC1CN. The Labute approximate surface area is 132 Å². The molecule has 22 heavy (non-hydrogen) atoms. The van der Waals surface area contributed by atoms with Crippen molar-refractivity contribution in [1.29, 1.82) is 0 Å². The van der Waals surface area contributed by atoms with E-state index < -0.39 is 0 Å². The van der Waals surface area contributed by atoms with Gasteiger partial charge < -0.3 is 20.1 Å². The normalized spacial score (nSPS) is 18.1. The summed E-state index contributed by atoms with van der Waals surface area (Å²) >= 11 is 0. The number of amides is 1. The Morgan fingerprint density at radius 2 is 2.18 bits per heavy atom. The van der Waals surface area contributed by atoms with Gasteiger partial charge in [0.05, 0.1) is 20.1 Å². The number of hydrogen-bond acceptors (Lipinski definition) is 4. The first kappa shape index (κ1) is 16.6. The third kappa shape index (κ3) is 4.13. The summed E-state index contributed by atoms with van der Waals surface area (Å²) in [5.74, 6) is 1.50. The molecule has 0 aliphatic carbocycles. The lowest BCUT2D eigenvalue weighted by molar-refractivity contribution is -0.135. The van der Waals surface area contributed by atoms with Crippen LogP contribution in [0.25, 0.3) is 0 Å². The van der Waals surface area contributed by atoms with Gasteiger partial charge in [0, 0.05) is 19.1 Å². The summed E-state index contributed by atoms with van der Waals surface area (Å²) in [5, 5.41) is 0. The Balaban J connectivity index is 1.86. The van der Waals surface area contributed by atoms with E-state index in [9.17, 15) is 4.79 Å². The highest BCUT2D eigenvalue weighted by molar-refractivity contribution is 5.76. The molecule has 2 rings (SSSR count). The minimum absolute atomic E-state index is 0.126. The second-order valence-corrected chi connectivity index (χ2v) is 5.73. The van der Waals surface area contributed by atoms with Crippen molar-refractivity contribution in [3.63, 3.8) is 0 Å².